The molecule has 21 heavy (non-hydrogen) atoms. The molecule has 0 heterocycles. The normalized spacial score (nSPS) is 12.6. The summed E-state index contributed by atoms with van der Waals surface area (Å²) >= 11 is 1.54. The van der Waals surface area contributed by atoms with Crippen LogP contribution in [0.15, 0.2) is 53.4 Å². The Balaban J connectivity index is 1.96. The van der Waals surface area contributed by atoms with Crippen molar-refractivity contribution in [2.24, 2.45) is 5.92 Å². The number of thioether (sulfide) groups is 1. The van der Waals surface area contributed by atoms with Crippen LogP contribution in [0.1, 0.15) is 31.1 Å². The van der Waals surface area contributed by atoms with Gasteiger partial charge in [0.05, 0.1) is 6.10 Å². The van der Waals surface area contributed by atoms with Gasteiger partial charge in [0.1, 0.15) is 5.82 Å². The maximum atomic E-state index is 12.8. The van der Waals surface area contributed by atoms with E-state index in [9.17, 15) is 9.50 Å². The van der Waals surface area contributed by atoms with Crippen LogP contribution in [0.2, 0.25) is 0 Å². The molecule has 1 N–H and O–H groups in total. The van der Waals surface area contributed by atoms with Crippen LogP contribution >= 0.6 is 11.8 Å². The molecular weight excluding hydrogens is 283 g/mol. The van der Waals surface area contributed by atoms with Crippen LogP contribution < -0.4 is 0 Å². The van der Waals surface area contributed by atoms with Gasteiger partial charge in [-0.1, -0.05) is 38.1 Å². The SMILES string of the molecule is CC(C)Cc1cccc(C(O)CSc2ccc(F)cc2)c1. The number of rotatable bonds is 6. The van der Waals surface area contributed by atoms with Crippen molar-refractivity contribution >= 4 is 11.8 Å². The van der Waals surface area contributed by atoms with Gasteiger partial charge in [0, 0.05) is 10.6 Å². The number of benzene rings is 2. The third kappa shape index (κ3) is 5.18. The molecule has 2 aromatic rings. The van der Waals surface area contributed by atoms with Crippen LogP contribution in [0.25, 0.3) is 0 Å². The average molecular weight is 304 g/mol. The molecule has 0 saturated carbocycles. The summed E-state index contributed by atoms with van der Waals surface area (Å²) in [6.07, 6.45) is 0.512. The van der Waals surface area contributed by atoms with Gasteiger partial charge in [-0.25, -0.2) is 4.39 Å². The van der Waals surface area contributed by atoms with Gasteiger partial charge in [0.25, 0.3) is 0 Å². The molecular formula is C18H21FOS. The highest BCUT2D eigenvalue weighted by molar-refractivity contribution is 7.99. The van der Waals surface area contributed by atoms with Gasteiger partial charge in [-0.05, 0) is 47.7 Å². The predicted molar refractivity (Wildman–Crippen MR) is 87.1 cm³/mol. The van der Waals surface area contributed by atoms with Crippen molar-refractivity contribution in [3.05, 3.63) is 65.5 Å². The monoisotopic (exact) mass is 304 g/mol. The van der Waals surface area contributed by atoms with E-state index in [-0.39, 0.29) is 5.82 Å². The van der Waals surface area contributed by atoms with Crippen molar-refractivity contribution in [3.8, 4) is 0 Å². The van der Waals surface area contributed by atoms with Crippen molar-refractivity contribution in [1.82, 2.24) is 0 Å². The largest absolute Gasteiger partial charge is 0.388 e. The number of hydrogen-bond donors (Lipinski definition) is 1. The standard InChI is InChI=1S/C18H21FOS/c1-13(2)10-14-4-3-5-15(11-14)18(20)12-21-17-8-6-16(19)7-9-17/h3-9,11,13,18,20H,10,12H2,1-2H3. The summed E-state index contributed by atoms with van der Waals surface area (Å²) in [6, 6.07) is 14.5. The molecule has 1 atom stereocenters. The molecule has 0 aliphatic rings. The molecule has 0 aliphatic heterocycles. The molecule has 0 aliphatic carbocycles. The topological polar surface area (TPSA) is 20.2 Å². The van der Waals surface area contributed by atoms with Crippen molar-refractivity contribution in [2.75, 3.05) is 5.75 Å². The van der Waals surface area contributed by atoms with Crippen molar-refractivity contribution in [2.45, 2.75) is 31.3 Å². The van der Waals surface area contributed by atoms with E-state index in [0.717, 1.165) is 16.9 Å². The summed E-state index contributed by atoms with van der Waals surface area (Å²) in [4.78, 5) is 0.966. The lowest BCUT2D eigenvalue weighted by atomic mass is 9.99. The Labute approximate surface area is 130 Å². The van der Waals surface area contributed by atoms with E-state index in [1.807, 2.05) is 12.1 Å². The van der Waals surface area contributed by atoms with Gasteiger partial charge in [-0.15, -0.1) is 11.8 Å². The van der Waals surface area contributed by atoms with Crippen LogP contribution in [0.5, 0.6) is 0 Å². The zero-order valence-corrected chi connectivity index (χ0v) is 13.2. The third-order valence-electron chi connectivity index (χ3n) is 3.20. The molecule has 1 nitrogen and oxygen atoms in total. The molecule has 1 unspecified atom stereocenters. The van der Waals surface area contributed by atoms with Crippen LogP contribution in [-0.4, -0.2) is 10.9 Å². The van der Waals surface area contributed by atoms with Gasteiger partial charge in [-0.2, -0.15) is 0 Å². The van der Waals surface area contributed by atoms with E-state index < -0.39 is 6.10 Å². The molecule has 2 rings (SSSR count). The van der Waals surface area contributed by atoms with E-state index >= 15 is 0 Å². The summed E-state index contributed by atoms with van der Waals surface area (Å²) in [5.41, 5.74) is 2.20. The van der Waals surface area contributed by atoms with E-state index in [4.69, 9.17) is 0 Å². The van der Waals surface area contributed by atoms with Crippen LogP contribution in [0, 0.1) is 11.7 Å². The number of halogens is 1. The average Bonchev–Trinajstić information content (AvgIpc) is 2.46. The van der Waals surface area contributed by atoms with Crippen molar-refractivity contribution in [3.63, 3.8) is 0 Å². The molecule has 3 heteroatoms. The number of aliphatic hydroxyl groups is 1. The zero-order valence-electron chi connectivity index (χ0n) is 12.4. The molecule has 112 valence electrons. The molecule has 0 amide bonds. The minimum atomic E-state index is -0.507. The minimum Gasteiger partial charge on any atom is -0.388 e. The summed E-state index contributed by atoms with van der Waals surface area (Å²) in [5.74, 6) is 0.934. The number of aliphatic hydroxyl groups excluding tert-OH is 1. The third-order valence-corrected chi connectivity index (χ3v) is 4.29. The first-order chi connectivity index (χ1) is 10.0. The highest BCUT2D eigenvalue weighted by atomic mass is 32.2. The summed E-state index contributed by atoms with van der Waals surface area (Å²) in [5, 5.41) is 10.3. The molecule has 0 saturated heterocycles. The summed E-state index contributed by atoms with van der Waals surface area (Å²) in [7, 11) is 0. The maximum absolute atomic E-state index is 12.8. The zero-order chi connectivity index (χ0) is 15.2. The maximum Gasteiger partial charge on any atom is 0.123 e. The molecule has 0 radical (unpaired) electrons. The highest BCUT2D eigenvalue weighted by Crippen LogP contribution is 2.25. The Hall–Kier alpha value is -1.32. The smallest absolute Gasteiger partial charge is 0.123 e. The molecule has 0 spiro atoms. The minimum absolute atomic E-state index is 0.235. The Morgan fingerprint density at radius 3 is 2.48 bits per heavy atom. The quantitative estimate of drug-likeness (QED) is 0.770. The fraction of sp³-hybridized carbons (Fsp3) is 0.333. The van der Waals surface area contributed by atoms with Crippen LogP contribution in [0.4, 0.5) is 4.39 Å². The van der Waals surface area contributed by atoms with Gasteiger partial charge < -0.3 is 5.11 Å². The fourth-order valence-electron chi connectivity index (χ4n) is 2.20. The van der Waals surface area contributed by atoms with Gasteiger partial charge in [-0.3, -0.25) is 0 Å². The molecule has 0 fully saturated rings. The van der Waals surface area contributed by atoms with Gasteiger partial charge in [0.2, 0.25) is 0 Å². The number of hydrogen-bond acceptors (Lipinski definition) is 2. The molecule has 0 bridgehead atoms. The molecule has 2 aromatic carbocycles. The van der Waals surface area contributed by atoms with E-state index in [1.54, 1.807) is 12.1 Å². The second-order valence-corrected chi connectivity index (χ2v) is 6.72. The Bertz CT molecular complexity index is 566. The summed E-state index contributed by atoms with van der Waals surface area (Å²) < 4.78 is 12.8. The molecule has 0 aromatic heterocycles. The van der Waals surface area contributed by atoms with Gasteiger partial charge >= 0.3 is 0 Å². The van der Waals surface area contributed by atoms with E-state index in [2.05, 4.69) is 26.0 Å². The first kappa shape index (κ1) is 16.1. The van der Waals surface area contributed by atoms with Crippen LogP contribution in [-0.2, 0) is 6.42 Å². The summed E-state index contributed by atoms with van der Waals surface area (Å²) in [6.45, 7) is 4.38. The van der Waals surface area contributed by atoms with Gasteiger partial charge in [0.15, 0.2) is 0 Å². The lowest BCUT2D eigenvalue weighted by molar-refractivity contribution is 0.204. The lowest BCUT2D eigenvalue weighted by Crippen LogP contribution is -2.02. The van der Waals surface area contributed by atoms with Crippen LogP contribution in [0.3, 0.4) is 0 Å². The Morgan fingerprint density at radius 2 is 1.81 bits per heavy atom. The lowest BCUT2D eigenvalue weighted by Gasteiger charge is -2.13. The van der Waals surface area contributed by atoms with E-state index in [1.165, 1.54) is 29.5 Å². The fourth-order valence-corrected chi connectivity index (χ4v) is 3.07. The van der Waals surface area contributed by atoms with Crippen molar-refractivity contribution in [1.29, 1.82) is 0 Å². The Morgan fingerprint density at radius 1 is 1.10 bits per heavy atom. The Kier molecular flexibility index (Phi) is 5.83. The first-order valence-electron chi connectivity index (χ1n) is 7.20. The first-order valence-corrected chi connectivity index (χ1v) is 8.18. The predicted octanol–water partition coefficient (Wildman–Crippen LogP) is 4.85. The van der Waals surface area contributed by atoms with E-state index in [0.29, 0.717) is 11.7 Å². The highest BCUT2D eigenvalue weighted by Gasteiger charge is 2.09. The van der Waals surface area contributed by atoms with Crippen molar-refractivity contribution < 1.29 is 9.50 Å². The second-order valence-electron chi connectivity index (χ2n) is 5.62. The second kappa shape index (κ2) is 7.62.